The predicted octanol–water partition coefficient (Wildman–Crippen LogP) is 3.74. The van der Waals surface area contributed by atoms with Crippen molar-refractivity contribution >= 4 is 29.3 Å². The number of benzene rings is 1. The molecule has 0 aliphatic carbocycles. The van der Waals surface area contributed by atoms with Crippen LogP contribution in [0.2, 0.25) is 0 Å². The van der Waals surface area contributed by atoms with Gasteiger partial charge in [-0.3, -0.25) is 9.20 Å². The lowest BCUT2D eigenvalue weighted by Gasteiger charge is -2.41. The molecular formula is C28H23N7O2. The van der Waals surface area contributed by atoms with Crippen LogP contribution in [0.5, 0.6) is 0 Å². The number of hydrogen-bond acceptors (Lipinski definition) is 7. The van der Waals surface area contributed by atoms with Crippen LogP contribution in [-0.2, 0) is 16.7 Å². The number of aliphatic imine (C=N–C) groups is 1. The summed E-state index contributed by atoms with van der Waals surface area (Å²) in [5, 5.41) is 16.1. The van der Waals surface area contributed by atoms with Crippen molar-refractivity contribution in [2.24, 2.45) is 4.99 Å². The van der Waals surface area contributed by atoms with Crippen LogP contribution >= 0.6 is 0 Å². The quantitative estimate of drug-likeness (QED) is 0.450. The Hall–Kier alpha value is -4.39. The molecular weight excluding hydrogens is 466 g/mol. The summed E-state index contributed by atoms with van der Waals surface area (Å²) >= 11 is 0. The Balaban J connectivity index is 1.26. The Labute approximate surface area is 212 Å². The van der Waals surface area contributed by atoms with Crippen molar-refractivity contribution in [3.63, 3.8) is 0 Å². The lowest BCUT2D eigenvalue weighted by atomic mass is 9.72. The third-order valence-electron chi connectivity index (χ3n) is 7.70. The second kappa shape index (κ2) is 8.34. The van der Waals surface area contributed by atoms with Crippen LogP contribution in [0.25, 0.3) is 16.9 Å². The van der Waals surface area contributed by atoms with Gasteiger partial charge in [-0.25, -0.2) is 15.0 Å². The number of amides is 1. The molecule has 0 unspecified atom stereocenters. The van der Waals surface area contributed by atoms with E-state index >= 15 is 0 Å². The van der Waals surface area contributed by atoms with Gasteiger partial charge in [0, 0.05) is 55.3 Å². The fourth-order valence-electron chi connectivity index (χ4n) is 5.80. The molecule has 3 aromatic heterocycles. The van der Waals surface area contributed by atoms with Crippen LogP contribution in [0.4, 0.5) is 11.5 Å². The highest BCUT2D eigenvalue weighted by Crippen LogP contribution is 2.39. The Morgan fingerprint density at radius 3 is 2.92 bits per heavy atom. The van der Waals surface area contributed by atoms with Crippen molar-refractivity contribution in [3.8, 4) is 17.3 Å². The summed E-state index contributed by atoms with van der Waals surface area (Å²) in [6.45, 7) is 3.20. The van der Waals surface area contributed by atoms with Gasteiger partial charge < -0.3 is 15.4 Å². The Bertz CT molecular complexity index is 1660. The number of rotatable bonds is 3. The van der Waals surface area contributed by atoms with Crippen molar-refractivity contribution in [3.05, 3.63) is 76.7 Å². The first kappa shape index (κ1) is 21.9. The first-order valence-corrected chi connectivity index (χ1v) is 12.3. The van der Waals surface area contributed by atoms with Crippen LogP contribution in [0.3, 0.4) is 0 Å². The minimum atomic E-state index is -0.291. The number of pyridine rings is 2. The average molecular weight is 490 g/mol. The fraction of sp³-hybridized carbons (Fsp3) is 0.250. The first-order chi connectivity index (χ1) is 18.1. The van der Waals surface area contributed by atoms with Crippen molar-refractivity contribution in [1.29, 1.82) is 5.26 Å². The van der Waals surface area contributed by atoms with Crippen molar-refractivity contribution in [1.82, 2.24) is 19.7 Å². The van der Waals surface area contributed by atoms with E-state index in [1.54, 1.807) is 24.5 Å². The van der Waals surface area contributed by atoms with Gasteiger partial charge in [0.2, 0.25) is 0 Å². The number of hydrogen-bond donors (Lipinski definition) is 2. The second-order valence-corrected chi connectivity index (χ2v) is 9.72. The summed E-state index contributed by atoms with van der Waals surface area (Å²) in [5.74, 6) is 0.402. The molecule has 6 heterocycles. The largest absolute Gasteiger partial charge is 0.381 e. The number of ether oxygens (including phenoxy) is 1. The summed E-state index contributed by atoms with van der Waals surface area (Å²) in [5.41, 5.74) is 7.21. The Kier molecular flexibility index (Phi) is 4.92. The molecule has 37 heavy (non-hydrogen) atoms. The van der Waals surface area contributed by atoms with Gasteiger partial charge in [0.05, 0.1) is 40.5 Å². The molecule has 1 aromatic carbocycles. The summed E-state index contributed by atoms with van der Waals surface area (Å²) in [6.07, 6.45) is 7.16. The molecule has 0 radical (unpaired) electrons. The summed E-state index contributed by atoms with van der Waals surface area (Å²) < 4.78 is 7.52. The highest BCUT2D eigenvalue weighted by molar-refractivity contribution is 6.19. The minimum Gasteiger partial charge on any atom is -0.381 e. The standard InChI is InChI=1S/C28H23N7O2/c29-12-17-5-8-35-23(15-31-25(35)11-17)18-1-3-21(26-19(18)13-32-27(26)36)33-24-4-2-20-22(34-24)14-30-16-28(20)6-9-37-10-7-28/h1-5,8,11,13,15,30H,6-7,9-10,14,16H2,(H,33,34). The lowest BCUT2D eigenvalue weighted by Crippen LogP contribution is -2.47. The zero-order valence-corrected chi connectivity index (χ0v) is 20.0. The third kappa shape index (κ3) is 3.45. The van der Waals surface area contributed by atoms with E-state index in [1.165, 1.54) is 5.56 Å². The highest BCUT2D eigenvalue weighted by Gasteiger charge is 2.38. The van der Waals surface area contributed by atoms with Crippen molar-refractivity contribution < 1.29 is 9.53 Å². The van der Waals surface area contributed by atoms with Crippen LogP contribution in [0.1, 0.15) is 45.6 Å². The minimum absolute atomic E-state index is 0.0755. The summed E-state index contributed by atoms with van der Waals surface area (Å²) in [4.78, 5) is 26.3. The van der Waals surface area contributed by atoms with Gasteiger partial charge in [0.1, 0.15) is 11.5 Å². The zero-order valence-electron chi connectivity index (χ0n) is 20.0. The fourth-order valence-corrected chi connectivity index (χ4v) is 5.80. The van der Waals surface area contributed by atoms with Crippen LogP contribution < -0.4 is 10.6 Å². The maximum Gasteiger partial charge on any atom is 0.279 e. The van der Waals surface area contributed by atoms with E-state index in [0.717, 1.165) is 55.1 Å². The topological polar surface area (TPSA) is 117 Å². The zero-order chi connectivity index (χ0) is 25.0. The van der Waals surface area contributed by atoms with Gasteiger partial charge in [0.15, 0.2) is 0 Å². The molecule has 4 aromatic rings. The molecule has 7 rings (SSSR count). The van der Waals surface area contributed by atoms with Crippen LogP contribution in [-0.4, -0.2) is 46.2 Å². The number of nitrogens with one attached hydrogen (secondary N) is 2. The van der Waals surface area contributed by atoms with Gasteiger partial charge >= 0.3 is 0 Å². The van der Waals surface area contributed by atoms with Crippen molar-refractivity contribution in [2.45, 2.75) is 24.8 Å². The normalized spacial score (nSPS) is 17.5. The number of fused-ring (bicyclic) bond motifs is 4. The molecule has 0 atom stereocenters. The third-order valence-corrected chi connectivity index (χ3v) is 7.70. The van der Waals surface area contributed by atoms with E-state index in [4.69, 9.17) is 9.72 Å². The number of imidazole rings is 1. The van der Waals surface area contributed by atoms with E-state index in [1.807, 2.05) is 28.8 Å². The molecule has 3 aliphatic heterocycles. The molecule has 0 bridgehead atoms. The number of nitrogens with zero attached hydrogens (tertiary/aromatic N) is 5. The number of carbonyl (C=O) groups excluding carboxylic acids is 1. The maximum absolute atomic E-state index is 12.8. The van der Waals surface area contributed by atoms with E-state index in [9.17, 15) is 10.1 Å². The van der Waals surface area contributed by atoms with E-state index < -0.39 is 0 Å². The monoisotopic (exact) mass is 489 g/mol. The molecule has 3 aliphatic rings. The maximum atomic E-state index is 12.8. The number of aromatic nitrogens is 3. The smallest absolute Gasteiger partial charge is 0.279 e. The number of anilines is 2. The van der Waals surface area contributed by atoms with Crippen LogP contribution in [0, 0.1) is 11.3 Å². The number of nitriles is 1. The molecule has 9 nitrogen and oxygen atoms in total. The van der Waals surface area contributed by atoms with E-state index in [2.05, 4.69) is 32.7 Å². The molecule has 1 saturated heterocycles. The lowest BCUT2D eigenvalue weighted by molar-refractivity contribution is 0.0468. The Morgan fingerprint density at radius 1 is 1.16 bits per heavy atom. The molecule has 1 amide bonds. The molecule has 182 valence electrons. The molecule has 1 spiro atoms. The van der Waals surface area contributed by atoms with Gasteiger partial charge in [-0.1, -0.05) is 12.1 Å². The Morgan fingerprint density at radius 2 is 2.05 bits per heavy atom. The van der Waals surface area contributed by atoms with Gasteiger partial charge in [0.25, 0.3) is 5.91 Å². The summed E-state index contributed by atoms with van der Waals surface area (Å²) in [7, 11) is 0. The average Bonchev–Trinajstić information content (AvgIpc) is 3.53. The second-order valence-electron chi connectivity index (χ2n) is 9.72. The molecule has 9 heteroatoms. The van der Waals surface area contributed by atoms with Crippen LogP contribution in [0.15, 0.2) is 53.8 Å². The highest BCUT2D eigenvalue weighted by atomic mass is 16.5. The summed E-state index contributed by atoms with van der Waals surface area (Å²) in [6, 6.07) is 13.7. The molecule has 1 fully saturated rings. The molecule has 2 N–H and O–H groups in total. The predicted molar refractivity (Wildman–Crippen MR) is 138 cm³/mol. The first-order valence-electron chi connectivity index (χ1n) is 12.3. The van der Waals surface area contributed by atoms with Gasteiger partial charge in [-0.2, -0.15) is 5.26 Å². The van der Waals surface area contributed by atoms with E-state index in [-0.39, 0.29) is 11.3 Å². The van der Waals surface area contributed by atoms with Crippen molar-refractivity contribution in [2.75, 3.05) is 25.1 Å². The molecule has 0 saturated carbocycles. The van der Waals surface area contributed by atoms with E-state index in [0.29, 0.717) is 34.8 Å². The van der Waals surface area contributed by atoms with Gasteiger partial charge in [-0.15, -0.1) is 0 Å². The van der Waals surface area contributed by atoms with Gasteiger partial charge in [-0.05, 0) is 42.7 Å². The SMILES string of the molecule is N#Cc1ccn2c(-c3ccc(Nc4ccc5c(n4)CNCC54CCOCC4)c4c3C=NC4=O)cnc2c1. The number of carbonyl (C=O) groups is 1.